The Morgan fingerprint density at radius 1 is 1.43 bits per heavy atom. The van der Waals surface area contributed by atoms with E-state index in [0.717, 1.165) is 24.8 Å². The molecule has 1 aliphatic rings. The van der Waals surface area contributed by atoms with E-state index in [-0.39, 0.29) is 5.54 Å². The van der Waals surface area contributed by atoms with Crippen molar-refractivity contribution in [1.82, 2.24) is 4.90 Å². The Morgan fingerprint density at radius 2 is 2.19 bits per heavy atom. The van der Waals surface area contributed by atoms with Crippen LogP contribution >= 0.6 is 11.3 Å². The predicted molar refractivity (Wildman–Crippen MR) is 93.8 cm³/mol. The summed E-state index contributed by atoms with van der Waals surface area (Å²) < 4.78 is 0. The van der Waals surface area contributed by atoms with Crippen molar-refractivity contribution < 1.29 is 0 Å². The fourth-order valence-electron chi connectivity index (χ4n) is 3.93. The lowest BCUT2D eigenvalue weighted by Crippen LogP contribution is -2.58. The third kappa shape index (κ3) is 3.88. The lowest BCUT2D eigenvalue weighted by Gasteiger charge is -2.50. The first kappa shape index (κ1) is 17.0. The third-order valence-corrected chi connectivity index (χ3v) is 6.57. The molecule has 21 heavy (non-hydrogen) atoms. The molecule has 0 aromatic carbocycles. The summed E-state index contributed by atoms with van der Waals surface area (Å²) in [5.74, 6) is 1.61. The van der Waals surface area contributed by atoms with Gasteiger partial charge in [-0.2, -0.15) is 0 Å². The molecule has 120 valence electrons. The third-order valence-electron chi connectivity index (χ3n) is 5.67. The number of thiophene rings is 1. The van der Waals surface area contributed by atoms with Gasteiger partial charge in [0.25, 0.3) is 0 Å². The summed E-state index contributed by atoms with van der Waals surface area (Å²) in [4.78, 5) is 4.08. The van der Waals surface area contributed by atoms with E-state index < -0.39 is 0 Å². The maximum atomic E-state index is 6.27. The Morgan fingerprint density at radius 3 is 2.76 bits per heavy atom. The molecule has 3 heteroatoms. The summed E-state index contributed by atoms with van der Waals surface area (Å²) in [6, 6.07) is 4.96. The highest BCUT2D eigenvalue weighted by Gasteiger charge is 2.40. The Balaban J connectivity index is 2.07. The van der Waals surface area contributed by atoms with Crippen molar-refractivity contribution in [3.05, 3.63) is 22.4 Å². The van der Waals surface area contributed by atoms with Crippen molar-refractivity contribution in [2.75, 3.05) is 13.6 Å². The molecule has 0 amide bonds. The molecular weight excluding hydrogens is 276 g/mol. The van der Waals surface area contributed by atoms with Gasteiger partial charge in [0.05, 0.1) is 0 Å². The van der Waals surface area contributed by atoms with Gasteiger partial charge in [-0.05, 0) is 56.5 Å². The van der Waals surface area contributed by atoms with Crippen molar-refractivity contribution in [2.24, 2.45) is 17.6 Å². The molecule has 0 spiro atoms. The molecule has 1 fully saturated rings. The van der Waals surface area contributed by atoms with E-state index in [1.54, 1.807) is 0 Å². The lowest BCUT2D eigenvalue weighted by molar-refractivity contribution is 0.0199. The van der Waals surface area contributed by atoms with E-state index >= 15 is 0 Å². The highest BCUT2D eigenvalue weighted by Crippen LogP contribution is 2.40. The maximum absolute atomic E-state index is 6.27. The quantitative estimate of drug-likeness (QED) is 0.855. The highest BCUT2D eigenvalue weighted by atomic mass is 32.1. The monoisotopic (exact) mass is 308 g/mol. The van der Waals surface area contributed by atoms with Crippen LogP contribution in [0.3, 0.4) is 0 Å². The smallest absolute Gasteiger partial charge is 0.0334 e. The molecule has 0 aliphatic heterocycles. The first-order valence-corrected chi connectivity index (χ1v) is 9.32. The number of nitrogens with two attached hydrogens (primary N) is 1. The number of rotatable bonds is 6. The fourth-order valence-corrected chi connectivity index (χ4v) is 4.76. The SMILES string of the molecule is CC(C)C1CCCC(CN)(N(C)C(C)Cc2cccs2)C1. The van der Waals surface area contributed by atoms with E-state index in [1.807, 2.05) is 11.3 Å². The number of nitrogens with zero attached hydrogens (tertiary/aromatic N) is 1. The van der Waals surface area contributed by atoms with E-state index in [9.17, 15) is 0 Å². The van der Waals surface area contributed by atoms with Crippen LogP contribution < -0.4 is 5.73 Å². The first-order valence-electron chi connectivity index (χ1n) is 8.44. The second kappa shape index (κ2) is 7.26. The van der Waals surface area contributed by atoms with Crippen LogP contribution in [0.25, 0.3) is 0 Å². The second-order valence-electron chi connectivity index (χ2n) is 7.27. The molecule has 0 bridgehead atoms. The van der Waals surface area contributed by atoms with Crippen molar-refractivity contribution in [3.63, 3.8) is 0 Å². The van der Waals surface area contributed by atoms with Crippen LogP contribution in [0, 0.1) is 11.8 Å². The van der Waals surface area contributed by atoms with Crippen LogP contribution in [-0.4, -0.2) is 30.1 Å². The van der Waals surface area contributed by atoms with E-state index in [0.29, 0.717) is 6.04 Å². The molecule has 2 rings (SSSR count). The molecule has 1 aliphatic carbocycles. The molecule has 3 unspecified atom stereocenters. The van der Waals surface area contributed by atoms with Crippen LogP contribution in [0.15, 0.2) is 17.5 Å². The van der Waals surface area contributed by atoms with Crippen LogP contribution in [0.5, 0.6) is 0 Å². The van der Waals surface area contributed by atoms with Crippen molar-refractivity contribution >= 4 is 11.3 Å². The summed E-state index contributed by atoms with van der Waals surface area (Å²) in [6.45, 7) is 7.89. The fraction of sp³-hybridized carbons (Fsp3) is 0.778. The van der Waals surface area contributed by atoms with Gasteiger partial charge in [-0.25, -0.2) is 0 Å². The minimum Gasteiger partial charge on any atom is -0.329 e. The van der Waals surface area contributed by atoms with Crippen LogP contribution in [0.1, 0.15) is 51.3 Å². The zero-order valence-electron chi connectivity index (χ0n) is 14.1. The standard InChI is InChI=1S/C18H32N2S/c1-14(2)16-7-5-9-18(12-16,13-19)20(4)15(3)11-17-8-6-10-21-17/h6,8,10,14-16H,5,7,9,11-13,19H2,1-4H3. The largest absolute Gasteiger partial charge is 0.329 e. The summed E-state index contributed by atoms with van der Waals surface area (Å²) in [6.07, 6.45) is 6.38. The highest BCUT2D eigenvalue weighted by molar-refractivity contribution is 7.09. The van der Waals surface area contributed by atoms with Crippen molar-refractivity contribution in [1.29, 1.82) is 0 Å². The molecule has 0 saturated heterocycles. The molecule has 1 heterocycles. The Kier molecular flexibility index (Phi) is 5.87. The molecule has 2 nitrogen and oxygen atoms in total. The van der Waals surface area contributed by atoms with Gasteiger partial charge in [-0.15, -0.1) is 11.3 Å². The molecule has 0 radical (unpaired) electrons. The van der Waals surface area contributed by atoms with E-state index in [2.05, 4.69) is 50.2 Å². The lowest BCUT2D eigenvalue weighted by atomic mass is 9.70. The average molecular weight is 309 g/mol. The van der Waals surface area contributed by atoms with Gasteiger partial charge in [0, 0.05) is 23.0 Å². The Bertz CT molecular complexity index is 415. The Hall–Kier alpha value is -0.380. The van der Waals surface area contributed by atoms with Gasteiger partial charge in [0.1, 0.15) is 0 Å². The minimum absolute atomic E-state index is 0.212. The van der Waals surface area contributed by atoms with E-state index in [1.165, 1.54) is 30.6 Å². The van der Waals surface area contributed by atoms with Crippen molar-refractivity contribution in [2.45, 2.75) is 64.5 Å². The average Bonchev–Trinajstić information content (AvgIpc) is 2.99. The van der Waals surface area contributed by atoms with Gasteiger partial charge in [-0.3, -0.25) is 4.90 Å². The van der Waals surface area contributed by atoms with Crippen LogP contribution in [0.2, 0.25) is 0 Å². The van der Waals surface area contributed by atoms with Gasteiger partial charge >= 0.3 is 0 Å². The summed E-state index contributed by atoms with van der Waals surface area (Å²) in [7, 11) is 2.30. The zero-order valence-corrected chi connectivity index (χ0v) is 15.0. The summed E-state index contributed by atoms with van der Waals surface area (Å²) >= 11 is 1.87. The van der Waals surface area contributed by atoms with Crippen LogP contribution in [-0.2, 0) is 6.42 Å². The summed E-state index contributed by atoms with van der Waals surface area (Å²) in [5, 5.41) is 2.18. The first-order chi connectivity index (χ1) is 9.98. The molecular formula is C18H32N2S. The molecule has 1 saturated carbocycles. The predicted octanol–water partition coefficient (Wildman–Crippen LogP) is 4.15. The minimum atomic E-state index is 0.212. The van der Waals surface area contributed by atoms with Gasteiger partial charge in [0.15, 0.2) is 0 Å². The van der Waals surface area contributed by atoms with Gasteiger partial charge < -0.3 is 5.73 Å². The summed E-state index contributed by atoms with van der Waals surface area (Å²) in [5.41, 5.74) is 6.49. The normalized spacial score (nSPS) is 28.2. The molecule has 1 aromatic rings. The molecule has 2 N–H and O–H groups in total. The topological polar surface area (TPSA) is 29.3 Å². The molecule has 1 aromatic heterocycles. The maximum Gasteiger partial charge on any atom is 0.0334 e. The Labute approximate surface area is 134 Å². The van der Waals surface area contributed by atoms with Gasteiger partial charge in [0.2, 0.25) is 0 Å². The van der Waals surface area contributed by atoms with E-state index in [4.69, 9.17) is 5.73 Å². The molecule has 3 atom stereocenters. The number of hydrogen-bond acceptors (Lipinski definition) is 3. The second-order valence-corrected chi connectivity index (χ2v) is 8.30. The van der Waals surface area contributed by atoms with Crippen molar-refractivity contribution in [3.8, 4) is 0 Å². The van der Waals surface area contributed by atoms with Gasteiger partial charge in [-0.1, -0.05) is 32.8 Å². The zero-order chi connectivity index (χ0) is 15.5. The van der Waals surface area contributed by atoms with Crippen LogP contribution in [0.4, 0.5) is 0 Å². The number of likely N-dealkylation sites (N-methyl/N-ethyl adjacent to an activating group) is 1. The number of hydrogen-bond donors (Lipinski definition) is 1.